The number of benzene rings is 1. The number of hydrogen-bond acceptors (Lipinski definition) is 4. The summed E-state index contributed by atoms with van der Waals surface area (Å²) in [7, 11) is 0. The van der Waals surface area contributed by atoms with E-state index in [2.05, 4.69) is 30.5 Å². The number of ether oxygens (including phenoxy) is 1. The number of nitrogens with one attached hydrogen (secondary N) is 2. The third-order valence-electron chi connectivity index (χ3n) is 4.96. The molecule has 0 spiro atoms. The summed E-state index contributed by atoms with van der Waals surface area (Å²) in [5, 5.41) is 7.88. The predicted octanol–water partition coefficient (Wildman–Crippen LogP) is 6.13. The van der Waals surface area contributed by atoms with Gasteiger partial charge in [-0.05, 0) is 67.9 Å². The summed E-state index contributed by atoms with van der Waals surface area (Å²) in [5.74, 6) is 0.133. The zero-order valence-electron chi connectivity index (χ0n) is 16.8. The first-order valence-electron chi connectivity index (χ1n) is 9.99. The predicted molar refractivity (Wildman–Crippen MR) is 122 cm³/mol. The molecule has 1 aliphatic carbocycles. The summed E-state index contributed by atoms with van der Waals surface area (Å²) in [6.07, 6.45) is 5.43. The van der Waals surface area contributed by atoms with E-state index in [0.717, 1.165) is 35.5 Å². The molecule has 0 saturated carbocycles. The maximum Gasteiger partial charge on any atom is 0.341 e. The second-order valence-electron chi connectivity index (χ2n) is 7.31. The first kappa shape index (κ1) is 20.8. The molecule has 6 heteroatoms. The number of hydrogen-bond donors (Lipinski definition) is 2. The van der Waals surface area contributed by atoms with Crippen LogP contribution in [0.2, 0.25) is 0 Å². The quantitative estimate of drug-likeness (QED) is 0.349. The van der Waals surface area contributed by atoms with Crippen LogP contribution in [-0.2, 0) is 17.6 Å². The van der Waals surface area contributed by atoms with Crippen molar-refractivity contribution >= 4 is 45.3 Å². The van der Waals surface area contributed by atoms with Crippen LogP contribution in [-0.4, -0.2) is 17.7 Å². The van der Waals surface area contributed by atoms with Crippen molar-refractivity contribution in [3.8, 4) is 0 Å². The Kier molecular flexibility index (Phi) is 7.08. The highest BCUT2D eigenvalue weighted by atomic mass is 32.1. The Morgan fingerprint density at radius 2 is 1.93 bits per heavy atom. The zero-order valence-corrected chi connectivity index (χ0v) is 18.4. The smallest absolute Gasteiger partial charge is 0.341 e. The van der Waals surface area contributed by atoms with E-state index >= 15 is 0 Å². The number of carbonyl (C=O) groups excluding carboxylic acids is 1. The van der Waals surface area contributed by atoms with Gasteiger partial charge in [0.1, 0.15) is 5.00 Å². The van der Waals surface area contributed by atoms with Crippen molar-refractivity contribution in [3.05, 3.63) is 45.8 Å². The van der Waals surface area contributed by atoms with E-state index in [0.29, 0.717) is 23.2 Å². The molecule has 2 N–H and O–H groups in total. The largest absolute Gasteiger partial charge is 0.462 e. The second-order valence-corrected chi connectivity index (χ2v) is 8.82. The van der Waals surface area contributed by atoms with Crippen LogP contribution in [0.3, 0.4) is 0 Å². The molecule has 0 fully saturated rings. The summed E-state index contributed by atoms with van der Waals surface area (Å²) in [6, 6.07) is 8.16. The Balaban J connectivity index is 1.85. The fourth-order valence-corrected chi connectivity index (χ4v) is 5.18. The third kappa shape index (κ3) is 4.73. The number of aryl methyl sites for hydroxylation is 1. The molecule has 2 aromatic rings. The lowest BCUT2D eigenvalue weighted by atomic mass is 10.0. The van der Waals surface area contributed by atoms with Gasteiger partial charge in [0.15, 0.2) is 5.11 Å². The molecule has 0 radical (unpaired) electrons. The van der Waals surface area contributed by atoms with Gasteiger partial charge >= 0.3 is 5.97 Å². The molecule has 1 aromatic heterocycles. The van der Waals surface area contributed by atoms with Crippen LogP contribution in [0.15, 0.2) is 24.3 Å². The average Bonchev–Trinajstić information content (AvgIpc) is 2.82. The third-order valence-corrected chi connectivity index (χ3v) is 6.37. The monoisotopic (exact) mass is 416 g/mol. The highest BCUT2D eigenvalue weighted by Gasteiger charge is 2.26. The van der Waals surface area contributed by atoms with Crippen molar-refractivity contribution in [2.24, 2.45) is 0 Å². The SMILES string of the molecule is CCOC(=O)c1c(NC(=S)Nc2ccccc2C(C)C)sc2c1CCCCC2. The van der Waals surface area contributed by atoms with E-state index < -0.39 is 0 Å². The number of thiocarbonyl (C=S) groups is 1. The molecule has 0 unspecified atom stereocenters. The van der Waals surface area contributed by atoms with Crippen molar-refractivity contribution < 1.29 is 9.53 Å². The summed E-state index contributed by atoms with van der Waals surface area (Å²) in [5.41, 5.74) is 4.02. The topological polar surface area (TPSA) is 50.4 Å². The Labute approximate surface area is 176 Å². The van der Waals surface area contributed by atoms with Gasteiger partial charge in [0.25, 0.3) is 0 Å². The van der Waals surface area contributed by atoms with E-state index in [1.807, 2.05) is 25.1 Å². The standard InChI is InChI=1S/C22H28N2O2S2/c1-4-26-21(25)19-16-11-6-5-7-13-18(16)28-20(19)24-22(27)23-17-12-9-8-10-15(17)14(2)3/h8-10,12,14H,4-7,11,13H2,1-3H3,(H2,23,24,27). The zero-order chi connectivity index (χ0) is 20.1. The lowest BCUT2D eigenvalue weighted by Gasteiger charge is -2.16. The van der Waals surface area contributed by atoms with Crippen LogP contribution in [0.5, 0.6) is 0 Å². The van der Waals surface area contributed by atoms with Crippen LogP contribution >= 0.6 is 23.6 Å². The Morgan fingerprint density at radius 1 is 1.18 bits per heavy atom. The molecule has 0 atom stereocenters. The minimum Gasteiger partial charge on any atom is -0.462 e. The first-order chi connectivity index (χ1) is 13.5. The molecule has 0 aliphatic heterocycles. The van der Waals surface area contributed by atoms with Gasteiger partial charge in [-0.25, -0.2) is 4.79 Å². The molecular weight excluding hydrogens is 388 g/mol. The van der Waals surface area contributed by atoms with E-state index in [9.17, 15) is 4.79 Å². The van der Waals surface area contributed by atoms with Crippen molar-refractivity contribution in [1.29, 1.82) is 0 Å². The highest BCUT2D eigenvalue weighted by Crippen LogP contribution is 2.38. The van der Waals surface area contributed by atoms with E-state index in [-0.39, 0.29) is 5.97 Å². The Hall–Kier alpha value is -1.92. The molecular formula is C22H28N2O2S2. The maximum absolute atomic E-state index is 12.7. The molecule has 1 heterocycles. The molecule has 1 aromatic carbocycles. The van der Waals surface area contributed by atoms with Gasteiger partial charge in [0, 0.05) is 10.6 Å². The minimum atomic E-state index is -0.255. The minimum absolute atomic E-state index is 0.255. The number of carbonyl (C=O) groups is 1. The van der Waals surface area contributed by atoms with Gasteiger partial charge < -0.3 is 15.4 Å². The van der Waals surface area contributed by atoms with Crippen LogP contribution in [0.25, 0.3) is 0 Å². The van der Waals surface area contributed by atoms with E-state index in [4.69, 9.17) is 17.0 Å². The van der Waals surface area contributed by atoms with Gasteiger partial charge in [-0.3, -0.25) is 0 Å². The first-order valence-corrected chi connectivity index (χ1v) is 11.2. The van der Waals surface area contributed by atoms with Crippen molar-refractivity contribution in [3.63, 3.8) is 0 Å². The number of thiophene rings is 1. The van der Waals surface area contributed by atoms with Crippen LogP contribution in [0.4, 0.5) is 10.7 Å². The van der Waals surface area contributed by atoms with Crippen molar-refractivity contribution in [2.75, 3.05) is 17.2 Å². The highest BCUT2D eigenvalue weighted by molar-refractivity contribution is 7.80. The molecule has 0 saturated heterocycles. The molecule has 3 rings (SSSR count). The molecule has 28 heavy (non-hydrogen) atoms. The number of anilines is 2. The van der Waals surface area contributed by atoms with Gasteiger partial charge in [-0.2, -0.15) is 0 Å². The molecule has 4 nitrogen and oxygen atoms in total. The van der Waals surface area contributed by atoms with E-state index in [1.165, 1.54) is 23.3 Å². The molecule has 0 amide bonds. The fraction of sp³-hybridized carbons (Fsp3) is 0.455. The molecule has 150 valence electrons. The Bertz CT molecular complexity index is 858. The van der Waals surface area contributed by atoms with Gasteiger partial charge in [-0.1, -0.05) is 38.5 Å². The average molecular weight is 417 g/mol. The Morgan fingerprint density at radius 3 is 2.68 bits per heavy atom. The van der Waals surface area contributed by atoms with Gasteiger partial charge in [0.2, 0.25) is 0 Å². The van der Waals surface area contributed by atoms with Crippen LogP contribution < -0.4 is 10.6 Å². The van der Waals surface area contributed by atoms with Crippen LogP contribution in [0, 0.1) is 0 Å². The lowest BCUT2D eigenvalue weighted by Crippen LogP contribution is -2.21. The number of esters is 1. The lowest BCUT2D eigenvalue weighted by molar-refractivity contribution is 0.0527. The number of rotatable bonds is 5. The summed E-state index contributed by atoms with van der Waals surface area (Å²) < 4.78 is 5.35. The molecule has 1 aliphatic rings. The summed E-state index contributed by atoms with van der Waals surface area (Å²) in [6.45, 7) is 6.52. The van der Waals surface area contributed by atoms with Crippen LogP contribution in [0.1, 0.15) is 72.3 Å². The van der Waals surface area contributed by atoms with Gasteiger partial charge in [-0.15, -0.1) is 11.3 Å². The second kappa shape index (κ2) is 9.52. The van der Waals surface area contributed by atoms with Gasteiger partial charge in [0.05, 0.1) is 12.2 Å². The van der Waals surface area contributed by atoms with E-state index in [1.54, 1.807) is 11.3 Å². The number of fused-ring (bicyclic) bond motifs is 1. The maximum atomic E-state index is 12.7. The molecule has 0 bridgehead atoms. The summed E-state index contributed by atoms with van der Waals surface area (Å²) in [4.78, 5) is 14.0. The fourth-order valence-electron chi connectivity index (χ4n) is 3.62. The number of para-hydroxylation sites is 1. The van der Waals surface area contributed by atoms with Crippen molar-refractivity contribution in [2.45, 2.75) is 58.8 Å². The van der Waals surface area contributed by atoms with Crippen molar-refractivity contribution in [1.82, 2.24) is 0 Å². The summed E-state index contributed by atoms with van der Waals surface area (Å²) >= 11 is 7.21. The normalized spacial score (nSPS) is 13.6.